The van der Waals surface area contributed by atoms with Gasteiger partial charge in [-0.15, -0.1) is 0 Å². The van der Waals surface area contributed by atoms with E-state index in [1.165, 1.54) is 12.1 Å². The number of benzene rings is 7. The van der Waals surface area contributed by atoms with Gasteiger partial charge in [0.25, 0.3) is 0 Å². The van der Waals surface area contributed by atoms with Crippen LogP contribution >= 0.6 is 0 Å². The third kappa shape index (κ3) is 5.71. The second-order valence-electron chi connectivity index (χ2n) is 14.5. The molecule has 61 heavy (non-hydrogen) atoms. The molecule has 0 spiro atoms. The Hall–Kier alpha value is -6.54. The smallest absolute Gasteiger partial charge is 0.377 e. The van der Waals surface area contributed by atoms with Crippen molar-refractivity contribution in [1.82, 2.24) is 4.57 Å². The van der Waals surface area contributed by atoms with Crippen LogP contribution in [0.5, 0.6) is 5.75 Å². The van der Waals surface area contributed by atoms with E-state index in [0.717, 1.165) is 17.3 Å². The van der Waals surface area contributed by atoms with Crippen molar-refractivity contribution in [2.45, 2.75) is 28.7 Å². The van der Waals surface area contributed by atoms with Gasteiger partial charge in [0.15, 0.2) is 5.75 Å². The van der Waals surface area contributed by atoms with Crippen molar-refractivity contribution in [3.05, 3.63) is 192 Å². The van der Waals surface area contributed by atoms with Crippen LogP contribution in [0.25, 0.3) is 49.7 Å². The maximum Gasteiger partial charge on any atom is 0.460 e. The predicted octanol–water partition coefficient (Wildman–Crippen LogP) is 12.9. The maximum absolute atomic E-state index is 15.5. The van der Waals surface area contributed by atoms with Crippen molar-refractivity contribution in [2.75, 3.05) is 0 Å². The Bertz CT molecular complexity index is 3060. The van der Waals surface area contributed by atoms with Gasteiger partial charge in [-0.2, -0.15) is 47.9 Å². The molecular formula is C47H28F9NO3S. The molecule has 0 atom stereocenters. The second kappa shape index (κ2) is 13.7. The van der Waals surface area contributed by atoms with E-state index in [4.69, 9.17) is 4.18 Å². The number of alkyl halides is 9. The lowest BCUT2D eigenvalue weighted by atomic mass is 9.67. The minimum atomic E-state index is -7.51. The Morgan fingerprint density at radius 1 is 0.475 bits per heavy atom. The van der Waals surface area contributed by atoms with Gasteiger partial charge in [-0.1, -0.05) is 127 Å². The normalized spacial score (nSPS) is 14.2. The maximum atomic E-state index is 15.5. The molecule has 0 saturated carbocycles. The van der Waals surface area contributed by atoms with E-state index >= 15 is 8.78 Å². The molecule has 0 radical (unpaired) electrons. The average molecular weight is 858 g/mol. The molecule has 308 valence electrons. The van der Waals surface area contributed by atoms with Gasteiger partial charge in [-0.25, -0.2) is 0 Å². The van der Waals surface area contributed by atoms with E-state index in [0.29, 0.717) is 44.1 Å². The fraction of sp³-hybridized carbons (Fsp3) is 0.106. The second-order valence-corrected chi connectivity index (χ2v) is 16.1. The quantitative estimate of drug-likeness (QED) is 0.107. The van der Waals surface area contributed by atoms with Gasteiger partial charge >= 0.3 is 33.4 Å². The summed E-state index contributed by atoms with van der Waals surface area (Å²) in [6.07, 6.45) is -7.26. The molecule has 0 N–H and O–H groups in total. The van der Waals surface area contributed by atoms with Crippen LogP contribution in [-0.4, -0.2) is 36.3 Å². The number of nitrogens with zero attached hydrogens (tertiary/aromatic N) is 1. The first-order valence-corrected chi connectivity index (χ1v) is 20.0. The number of hydrogen-bond acceptors (Lipinski definition) is 3. The first-order valence-electron chi connectivity index (χ1n) is 18.6. The van der Waals surface area contributed by atoms with Crippen LogP contribution in [0.1, 0.15) is 22.3 Å². The zero-order valence-corrected chi connectivity index (χ0v) is 32.0. The van der Waals surface area contributed by atoms with Gasteiger partial charge in [-0.3, -0.25) is 0 Å². The van der Waals surface area contributed by atoms with Crippen molar-refractivity contribution in [1.29, 1.82) is 0 Å². The van der Waals surface area contributed by atoms with Crippen molar-refractivity contribution >= 4 is 31.9 Å². The van der Waals surface area contributed by atoms with Gasteiger partial charge < -0.3 is 8.75 Å². The van der Waals surface area contributed by atoms with E-state index in [9.17, 15) is 39.2 Å². The minimum absolute atomic E-state index is 0.113. The van der Waals surface area contributed by atoms with Gasteiger partial charge in [0, 0.05) is 22.0 Å². The summed E-state index contributed by atoms with van der Waals surface area (Å²) >= 11 is 0. The molecule has 4 nitrogen and oxygen atoms in total. The lowest BCUT2D eigenvalue weighted by molar-refractivity contribution is -0.382. The van der Waals surface area contributed by atoms with Crippen LogP contribution in [0, 0.1) is 0 Å². The van der Waals surface area contributed by atoms with E-state index in [-0.39, 0.29) is 16.7 Å². The number of fused-ring (bicyclic) bond motifs is 6. The van der Waals surface area contributed by atoms with Crippen LogP contribution in [0.4, 0.5) is 39.5 Å². The Morgan fingerprint density at radius 2 is 1.02 bits per heavy atom. The van der Waals surface area contributed by atoms with Gasteiger partial charge in [0.05, 0.1) is 16.4 Å². The third-order valence-electron chi connectivity index (χ3n) is 11.2. The zero-order valence-electron chi connectivity index (χ0n) is 31.1. The largest absolute Gasteiger partial charge is 0.460 e. The molecule has 1 aliphatic carbocycles. The monoisotopic (exact) mass is 857 g/mol. The molecule has 0 saturated heterocycles. The summed E-state index contributed by atoms with van der Waals surface area (Å²) in [4.78, 5) is 0. The van der Waals surface area contributed by atoms with E-state index in [1.807, 2.05) is 59.2 Å². The fourth-order valence-corrected chi connectivity index (χ4v) is 9.37. The molecule has 9 rings (SSSR count). The molecule has 0 amide bonds. The number of rotatable bonds is 9. The lowest BCUT2D eigenvalue weighted by Gasteiger charge is -2.34. The summed E-state index contributed by atoms with van der Waals surface area (Å²) in [7, 11) is -7.37. The molecule has 0 bridgehead atoms. The predicted molar refractivity (Wildman–Crippen MR) is 214 cm³/mol. The Labute approximate surface area is 342 Å². The molecule has 14 heteroatoms. The van der Waals surface area contributed by atoms with Crippen LogP contribution in [0.3, 0.4) is 0 Å². The highest BCUT2D eigenvalue weighted by molar-refractivity contribution is 7.88. The third-order valence-corrected chi connectivity index (χ3v) is 12.5. The van der Waals surface area contributed by atoms with E-state index in [2.05, 4.69) is 0 Å². The Kier molecular flexibility index (Phi) is 8.99. The number of para-hydroxylation sites is 2. The average Bonchev–Trinajstić information content (AvgIpc) is 3.73. The summed E-state index contributed by atoms with van der Waals surface area (Å²) < 4.78 is 162. The van der Waals surface area contributed by atoms with Crippen molar-refractivity contribution in [3.8, 4) is 33.7 Å². The van der Waals surface area contributed by atoms with Gasteiger partial charge in [-0.05, 0) is 81.4 Å². The molecular weight excluding hydrogens is 830 g/mol. The van der Waals surface area contributed by atoms with Crippen LogP contribution in [-0.2, 0) is 15.5 Å². The molecule has 1 aliphatic rings. The van der Waals surface area contributed by atoms with Crippen LogP contribution in [0.15, 0.2) is 170 Å². The standard InChI is InChI=1S/C47H28F9NO3S/c48-44(49,46(52,53)54)45(50,51)47(55,56)61(58,59)60-42-28-39-36(33-20-10-12-22-38(33)43(39,30-14-4-1-5-15-30)31-16-6-2-7-17-31)27-35(42)29-24-25-41-37(26-29)34-21-11-13-23-40(34)57(41)32-18-8-3-9-19-32/h1-28H. The summed E-state index contributed by atoms with van der Waals surface area (Å²) in [5.41, 5.74) is 3.82. The highest BCUT2D eigenvalue weighted by Gasteiger charge is 2.86. The highest BCUT2D eigenvalue weighted by atomic mass is 32.2. The number of aromatic nitrogens is 1. The molecule has 0 fully saturated rings. The number of hydrogen-bond donors (Lipinski definition) is 0. The SMILES string of the molecule is O=S(=O)(Oc1cc2c(cc1-c1ccc3c(c1)c1ccccc1n3-c1ccccc1)-c1ccccc1C2(c1ccccc1)c1ccccc1)C(F)(F)C(F)(F)C(F)(F)C(F)(F)F. The molecule has 1 aromatic heterocycles. The van der Waals surface area contributed by atoms with Crippen molar-refractivity contribution < 1.29 is 52.1 Å². The topological polar surface area (TPSA) is 48.3 Å². The molecule has 8 aromatic rings. The summed E-state index contributed by atoms with van der Waals surface area (Å²) in [5, 5.41) is -5.82. The van der Waals surface area contributed by atoms with Gasteiger partial charge in [0.1, 0.15) is 0 Å². The molecule has 0 unspecified atom stereocenters. The number of halogens is 9. The van der Waals surface area contributed by atoms with E-state index < -0.39 is 44.6 Å². The highest BCUT2D eigenvalue weighted by Crippen LogP contribution is 2.59. The Balaban J connectivity index is 1.35. The Morgan fingerprint density at radius 3 is 1.64 bits per heavy atom. The van der Waals surface area contributed by atoms with Crippen LogP contribution in [0.2, 0.25) is 0 Å². The molecule has 7 aromatic carbocycles. The summed E-state index contributed by atoms with van der Waals surface area (Å²) in [6, 6.07) is 48.4. The first kappa shape index (κ1) is 39.9. The summed E-state index contributed by atoms with van der Waals surface area (Å²) in [5.74, 6) is -16.0. The molecule has 0 aliphatic heterocycles. The molecule has 1 heterocycles. The van der Waals surface area contributed by atoms with Gasteiger partial charge in [0.2, 0.25) is 0 Å². The van der Waals surface area contributed by atoms with Crippen molar-refractivity contribution in [2.24, 2.45) is 0 Å². The minimum Gasteiger partial charge on any atom is -0.377 e. The van der Waals surface area contributed by atoms with Crippen molar-refractivity contribution in [3.63, 3.8) is 0 Å². The lowest BCUT2D eigenvalue weighted by Crippen LogP contribution is -2.63. The van der Waals surface area contributed by atoms with Crippen LogP contribution < -0.4 is 4.18 Å². The first-order chi connectivity index (χ1) is 28.9. The summed E-state index contributed by atoms with van der Waals surface area (Å²) in [6.45, 7) is 0. The van der Waals surface area contributed by atoms with E-state index in [1.54, 1.807) is 97.1 Å². The zero-order chi connectivity index (χ0) is 43.2. The fourth-order valence-electron chi connectivity index (χ4n) is 8.45.